The van der Waals surface area contributed by atoms with Gasteiger partial charge >= 0.3 is 18.1 Å². The van der Waals surface area contributed by atoms with Crippen LogP contribution in [0.2, 0.25) is 0 Å². The van der Waals surface area contributed by atoms with Crippen molar-refractivity contribution in [1.82, 2.24) is 0 Å². The maximum Gasteiger partial charge on any atom is 0.490 e. The molecule has 0 aromatic heterocycles. The molecule has 1 atom stereocenters. The number of carboxylic acids is 1. The Labute approximate surface area is 123 Å². The summed E-state index contributed by atoms with van der Waals surface area (Å²) in [6.45, 7) is 9.83. The first-order chi connectivity index (χ1) is 9.31. The van der Waals surface area contributed by atoms with E-state index in [0.29, 0.717) is 0 Å². The lowest BCUT2D eigenvalue weighted by molar-refractivity contribution is -0.192. The van der Waals surface area contributed by atoms with E-state index in [1.165, 1.54) is 12.8 Å². The molecule has 126 valence electrons. The summed E-state index contributed by atoms with van der Waals surface area (Å²) in [5, 5.41) is 7.12. The molecule has 7 heteroatoms. The Bertz CT molecular complexity index is 319. The minimum atomic E-state index is -5.08. The Balaban J connectivity index is 0. The Hall–Kier alpha value is -1.27. The maximum atomic E-state index is 11.5. The number of unbranched alkanes of at least 4 members (excludes halogenated alkanes) is 2. The normalized spacial score (nSPS) is 13.0. The van der Waals surface area contributed by atoms with Gasteiger partial charge in [0.25, 0.3) is 0 Å². The molecule has 0 radical (unpaired) electrons. The average Bonchev–Trinajstić information content (AvgIpc) is 2.26. The van der Waals surface area contributed by atoms with Crippen LogP contribution in [0.1, 0.15) is 60.3 Å². The van der Waals surface area contributed by atoms with Gasteiger partial charge < -0.3 is 9.84 Å². The molecule has 0 aliphatic rings. The number of aliphatic carboxylic acids is 1. The molecule has 0 saturated heterocycles. The number of hydrogen-bond acceptors (Lipinski definition) is 3. The van der Waals surface area contributed by atoms with Crippen LogP contribution in [-0.4, -0.2) is 28.8 Å². The smallest absolute Gasteiger partial charge is 0.475 e. The van der Waals surface area contributed by atoms with Gasteiger partial charge in [0.15, 0.2) is 0 Å². The van der Waals surface area contributed by atoms with E-state index in [1.807, 2.05) is 27.7 Å². The van der Waals surface area contributed by atoms with Crippen LogP contribution in [-0.2, 0) is 14.3 Å². The predicted molar refractivity (Wildman–Crippen MR) is 72.8 cm³/mol. The highest BCUT2D eigenvalue weighted by Crippen LogP contribution is 2.15. The quantitative estimate of drug-likeness (QED) is 0.611. The second kappa shape index (κ2) is 9.63. The van der Waals surface area contributed by atoms with Crippen LogP contribution in [0.4, 0.5) is 13.2 Å². The molecule has 0 heterocycles. The van der Waals surface area contributed by atoms with Crippen LogP contribution in [0.15, 0.2) is 0 Å². The Morgan fingerprint density at radius 2 is 1.57 bits per heavy atom. The van der Waals surface area contributed by atoms with Gasteiger partial charge in [0.1, 0.15) is 5.60 Å². The molecule has 1 unspecified atom stereocenters. The van der Waals surface area contributed by atoms with Gasteiger partial charge in [0, 0.05) is 0 Å². The molecule has 0 amide bonds. The molecule has 0 rings (SSSR count). The summed E-state index contributed by atoms with van der Waals surface area (Å²) >= 11 is 0. The van der Waals surface area contributed by atoms with Crippen molar-refractivity contribution in [3.05, 3.63) is 0 Å². The van der Waals surface area contributed by atoms with Crippen LogP contribution in [0.3, 0.4) is 0 Å². The fraction of sp³-hybridized carbons (Fsp3) is 0.857. The number of rotatable bonds is 5. The fourth-order valence-electron chi connectivity index (χ4n) is 1.22. The summed E-state index contributed by atoms with van der Waals surface area (Å²) in [7, 11) is 0. The highest BCUT2D eigenvalue weighted by atomic mass is 19.4. The SMILES string of the molecule is CCCCCC(C)C(=O)OC(C)(C)C.O=C(O)C(F)(F)F. The summed E-state index contributed by atoms with van der Waals surface area (Å²) in [4.78, 5) is 20.4. The molecule has 0 aliphatic heterocycles. The van der Waals surface area contributed by atoms with Crippen molar-refractivity contribution in [2.45, 2.75) is 72.1 Å². The van der Waals surface area contributed by atoms with E-state index >= 15 is 0 Å². The molecule has 0 saturated carbocycles. The van der Waals surface area contributed by atoms with Gasteiger partial charge in [0.2, 0.25) is 0 Å². The second-order valence-corrected chi connectivity index (χ2v) is 5.73. The van der Waals surface area contributed by atoms with Gasteiger partial charge in [-0.05, 0) is 27.2 Å². The zero-order chi connectivity index (χ0) is 17.3. The van der Waals surface area contributed by atoms with E-state index in [0.717, 1.165) is 12.8 Å². The zero-order valence-electron chi connectivity index (χ0n) is 13.2. The van der Waals surface area contributed by atoms with Crippen molar-refractivity contribution in [3.63, 3.8) is 0 Å². The Kier molecular flexibility index (Phi) is 10.1. The summed E-state index contributed by atoms with van der Waals surface area (Å²) in [5.41, 5.74) is -0.351. The number of carbonyl (C=O) groups is 2. The van der Waals surface area contributed by atoms with Crippen LogP contribution >= 0.6 is 0 Å². The lowest BCUT2D eigenvalue weighted by Crippen LogP contribution is -2.27. The molecule has 21 heavy (non-hydrogen) atoms. The number of halogens is 3. The first-order valence-electron chi connectivity index (χ1n) is 6.84. The van der Waals surface area contributed by atoms with Crippen molar-refractivity contribution in [2.75, 3.05) is 0 Å². The Morgan fingerprint density at radius 1 is 1.14 bits per heavy atom. The number of carbonyl (C=O) groups excluding carboxylic acids is 1. The van der Waals surface area contributed by atoms with Gasteiger partial charge in [-0.2, -0.15) is 13.2 Å². The third kappa shape index (κ3) is 14.9. The van der Waals surface area contributed by atoms with E-state index in [2.05, 4.69) is 6.92 Å². The number of ether oxygens (including phenoxy) is 1. The molecule has 0 aromatic carbocycles. The number of hydrogen-bond donors (Lipinski definition) is 1. The molecular weight excluding hydrogens is 289 g/mol. The van der Waals surface area contributed by atoms with Gasteiger partial charge in [0.05, 0.1) is 5.92 Å². The van der Waals surface area contributed by atoms with E-state index in [9.17, 15) is 18.0 Å². The first-order valence-corrected chi connectivity index (χ1v) is 6.84. The molecular formula is C14H25F3O4. The molecule has 0 aromatic rings. The third-order valence-electron chi connectivity index (χ3n) is 2.29. The molecule has 0 spiro atoms. The molecule has 0 fully saturated rings. The van der Waals surface area contributed by atoms with Crippen molar-refractivity contribution >= 4 is 11.9 Å². The average molecular weight is 314 g/mol. The van der Waals surface area contributed by atoms with Crippen molar-refractivity contribution < 1.29 is 32.6 Å². The van der Waals surface area contributed by atoms with Crippen LogP contribution in [0.25, 0.3) is 0 Å². The number of alkyl halides is 3. The van der Waals surface area contributed by atoms with Gasteiger partial charge in [-0.15, -0.1) is 0 Å². The van der Waals surface area contributed by atoms with E-state index < -0.39 is 12.1 Å². The predicted octanol–water partition coefficient (Wildman–Crippen LogP) is 4.18. The third-order valence-corrected chi connectivity index (χ3v) is 2.29. The highest BCUT2D eigenvalue weighted by Gasteiger charge is 2.38. The monoisotopic (exact) mass is 314 g/mol. The van der Waals surface area contributed by atoms with E-state index in [4.69, 9.17) is 14.6 Å². The fourth-order valence-corrected chi connectivity index (χ4v) is 1.22. The van der Waals surface area contributed by atoms with E-state index in [1.54, 1.807) is 0 Å². The highest BCUT2D eigenvalue weighted by molar-refractivity contribution is 5.73. The van der Waals surface area contributed by atoms with Gasteiger partial charge in [-0.1, -0.05) is 33.1 Å². The van der Waals surface area contributed by atoms with Gasteiger partial charge in [-0.25, -0.2) is 4.79 Å². The summed E-state index contributed by atoms with van der Waals surface area (Å²) in [6.07, 6.45) is -0.617. The number of carboxylic acid groups (broad SMARTS) is 1. The maximum absolute atomic E-state index is 11.5. The van der Waals surface area contributed by atoms with Crippen LogP contribution < -0.4 is 0 Å². The minimum absolute atomic E-state index is 0.0424. The van der Waals surface area contributed by atoms with Crippen molar-refractivity contribution in [3.8, 4) is 0 Å². The first kappa shape index (κ1) is 22.0. The molecule has 1 N–H and O–H groups in total. The van der Waals surface area contributed by atoms with Crippen molar-refractivity contribution in [2.24, 2.45) is 5.92 Å². The van der Waals surface area contributed by atoms with Gasteiger partial charge in [-0.3, -0.25) is 4.79 Å². The van der Waals surface area contributed by atoms with E-state index in [-0.39, 0.29) is 17.5 Å². The lowest BCUT2D eigenvalue weighted by Gasteiger charge is -2.22. The molecule has 0 aliphatic carbocycles. The van der Waals surface area contributed by atoms with Crippen LogP contribution in [0.5, 0.6) is 0 Å². The van der Waals surface area contributed by atoms with Crippen LogP contribution in [0, 0.1) is 5.92 Å². The van der Waals surface area contributed by atoms with Crippen molar-refractivity contribution in [1.29, 1.82) is 0 Å². The second-order valence-electron chi connectivity index (χ2n) is 5.73. The molecule has 4 nitrogen and oxygen atoms in total. The standard InChI is InChI=1S/C12H24O2.C2HF3O2/c1-6-7-8-9-10(2)11(13)14-12(3,4)5;3-2(4,5)1(6)7/h10H,6-9H2,1-5H3;(H,6,7). The lowest BCUT2D eigenvalue weighted by atomic mass is 10.0. The Morgan fingerprint density at radius 3 is 1.86 bits per heavy atom. The number of esters is 1. The zero-order valence-corrected chi connectivity index (χ0v) is 13.2. The summed E-state index contributed by atoms with van der Waals surface area (Å²) < 4.78 is 37.0. The minimum Gasteiger partial charge on any atom is -0.475 e. The topological polar surface area (TPSA) is 63.6 Å². The molecule has 0 bridgehead atoms. The summed E-state index contributed by atoms with van der Waals surface area (Å²) in [6, 6.07) is 0. The summed E-state index contributed by atoms with van der Waals surface area (Å²) in [5.74, 6) is -2.78. The largest absolute Gasteiger partial charge is 0.490 e.